The Hall–Kier alpha value is -2.21. The summed E-state index contributed by atoms with van der Waals surface area (Å²) in [5, 5.41) is 8.60. The van der Waals surface area contributed by atoms with Crippen LogP contribution in [0.4, 0.5) is 0 Å². The molecule has 3 heterocycles. The smallest absolute Gasteiger partial charge is 0.227 e. The van der Waals surface area contributed by atoms with Crippen LogP contribution >= 0.6 is 0 Å². The van der Waals surface area contributed by atoms with Gasteiger partial charge < -0.3 is 14.1 Å². The van der Waals surface area contributed by atoms with Gasteiger partial charge in [0, 0.05) is 37.6 Å². The number of aryl methyl sites for hydroxylation is 1. The highest BCUT2D eigenvalue weighted by Gasteiger charge is 2.51. The summed E-state index contributed by atoms with van der Waals surface area (Å²) in [6, 6.07) is 8.17. The molecule has 1 aromatic carbocycles. The number of nitrogens with zero attached hydrogens (tertiary/aromatic N) is 3. The lowest BCUT2D eigenvalue weighted by Crippen LogP contribution is -2.37. The van der Waals surface area contributed by atoms with Crippen molar-refractivity contribution in [3.8, 4) is 0 Å². The molecule has 0 radical (unpaired) electrons. The van der Waals surface area contributed by atoms with E-state index in [-0.39, 0.29) is 23.2 Å². The van der Waals surface area contributed by atoms with Crippen LogP contribution in [0.1, 0.15) is 61.4 Å². The van der Waals surface area contributed by atoms with Crippen molar-refractivity contribution in [1.82, 2.24) is 15.1 Å². The summed E-state index contributed by atoms with van der Waals surface area (Å²) in [7, 11) is 0. The molecule has 2 saturated heterocycles. The fraction of sp³-hybridized carbons (Fsp3) is 0.591. The molecule has 2 aliphatic rings. The Kier molecular flexibility index (Phi) is 5.23. The van der Waals surface area contributed by atoms with Gasteiger partial charge in [-0.1, -0.05) is 43.7 Å². The Morgan fingerprint density at radius 2 is 2.07 bits per heavy atom. The first-order chi connectivity index (χ1) is 13.5. The number of hydrogen-bond acceptors (Lipinski definition) is 5. The fourth-order valence-electron chi connectivity index (χ4n) is 4.51. The molecular formula is C22H29N3O3. The lowest BCUT2D eigenvalue weighted by atomic mass is 9.72. The quantitative estimate of drug-likeness (QED) is 0.809. The van der Waals surface area contributed by atoms with Crippen LogP contribution in [-0.2, 0) is 16.0 Å². The fourth-order valence-corrected chi connectivity index (χ4v) is 4.51. The van der Waals surface area contributed by atoms with E-state index >= 15 is 0 Å². The maximum atomic E-state index is 13.1. The standard InChI is InChI=1S/C22H29N3O3/c1-15(2)20-23-24-21(28-20)18-13-25(14-22(18)7-9-27-10-8-22)19(26)12-17-6-4-5-16(3)11-17/h4-6,11,15,18H,7-10,12-14H2,1-3H3. The van der Waals surface area contributed by atoms with Crippen LogP contribution in [0.3, 0.4) is 0 Å². The lowest BCUT2D eigenvalue weighted by Gasteiger charge is -2.36. The molecular weight excluding hydrogens is 354 g/mol. The number of rotatable bonds is 4. The maximum Gasteiger partial charge on any atom is 0.227 e. The number of carbonyl (C=O) groups excluding carboxylic acids is 1. The zero-order chi connectivity index (χ0) is 19.7. The van der Waals surface area contributed by atoms with Crippen LogP contribution < -0.4 is 0 Å². The van der Waals surface area contributed by atoms with Crippen LogP contribution in [0.15, 0.2) is 28.7 Å². The van der Waals surface area contributed by atoms with E-state index in [1.54, 1.807) is 0 Å². The molecule has 1 spiro atoms. The van der Waals surface area contributed by atoms with Gasteiger partial charge in [0.15, 0.2) is 0 Å². The Morgan fingerprint density at radius 1 is 1.29 bits per heavy atom. The molecule has 4 rings (SSSR count). The molecule has 1 amide bonds. The normalized spacial score (nSPS) is 21.6. The second-order valence-corrected chi connectivity index (χ2v) is 8.60. The van der Waals surface area contributed by atoms with Gasteiger partial charge in [-0.3, -0.25) is 4.79 Å². The molecule has 1 atom stereocenters. The minimum atomic E-state index is -0.0265. The van der Waals surface area contributed by atoms with E-state index in [1.165, 1.54) is 5.56 Å². The van der Waals surface area contributed by atoms with Gasteiger partial charge >= 0.3 is 0 Å². The molecule has 0 aliphatic carbocycles. The van der Waals surface area contributed by atoms with E-state index in [0.717, 1.165) is 38.2 Å². The second kappa shape index (κ2) is 7.66. The molecule has 0 N–H and O–H groups in total. The summed E-state index contributed by atoms with van der Waals surface area (Å²) in [5.41, 5.74) is 2.22. The number of aromatic nitrogens is 2. The van der Waals surface area contributed by atoms with E-state index in [2.05, 4.69) is 29.3 Å². The molecule has 0 bridgehead atoms. The van der Waals surface area contributed by atoms with E-state index in [4.69, 9.17) is 9.15 Å². The van der Waals surface area contributed by atoms with Crippen molar-refractivity contribution < 1.29 is 13.9 Å². The van der Waals surface area contributed by atoms with Crippen molar-refractivity contribution in [1.29, 1.82) is 0 Å². The Bertz CT molecular complexity index is 839. The van der Waals surface area contributed by atoms with Gasteiger partial charge in [-0.15, -0.1) is 10.2 Å². The highest BCUT2D eigenvalue weighted by Crippen LogP contribution is 2.49. The molecule has 2 aromatic rings. The molecule has 0 saturated carbocycles. The largest absolute Gasteiger partial charge is 0.425 e. The van der Waals surface area contributed by atoms with Gasteiger partial charge in [-0.25, -0.2) is 0 Å². The van der Waals surface area contributed by atoms with Gasteiger partial charge in [-0.05, 0) is 25.3 Å². The Balaban J connectivity index is 1.56. The summed E-state index contributed by atoms with van der Waals surface area (Å²) in [6.07, 6.45) is 2.28. The topological polar surface area (TPSA) is 68.5 Å². The molecule has 6 heteroatoms. The zero-order valence-electron chi connectivity index (χ0n) is 17.0. The van der Waals surface area contributed by atoms with Crippen molar-refractivity contribution >= 4 is 5.91 Å². The van der Waals surface area contributed by atoms with E-state index in [9.17, 15) is 4.79 Å². The first-order valence-corrected chi connectivity index (χ1v) is 10.2. The minimum absolute atomic E-state index is 0.0265. The molecule has 2 aliphatic heterocycles. The summed E-state index contributed by atoms with van der Waals surface area (Å²) in [5.74, 6) is 1.80. The third kappa shape index (κ3) is 3.70. The summed E-state index contributed by atoms with van der Waals surface area (Å²) >= 11 is 0. The number of ether oxygens (including phenoxy) is 1. The van der Waals surface area contributed by atoms with Gasteiger partial charge in [0.1, 0.15) is 0 Å². The van der Waals surface area contributed by atoms with Gasteiger partial charge in [0.05, 0.1) is 12.3 Å². The predicted molar refractivity (Wildman–Crippen MR) is 105 cm³/mol. The SMILES string of the molecule is Cc1cccc(CC(=O)N2CC(c3nnc(C(C)C)o3)C3(CCOCC3)C2)c1. The van der Waals surface area contributed by atoms with Gasteiger partial charge in [0.25, 0.3) is 0 Å². The highest BCUT2D eigenvalue weighted by atomic mass is 16.5. The zero-order valence-corrected chi connectivity index (χ0v) is 17.0. The third-order valence-corrected chi connectivity index (χ3v) is 6.18. The minimum Gasteiger partial charge on any atom is -0.425 e. The van der Waals surface area contributed by atoms with E-state index in [1.807, 2.05) is 30.9 Å². The summed E-state index contributed by atoms with van der Waals surface area (Å²) < 4.78 is 11.6. The van der Waals surface area contributed by atoms with Crippen LogP contribution in [0.2, 0.25) is 0 Å². The number of amides is 1. The van der Waals surface area contributed by atoms with E-state index in [0.29, 0.717) is 24.7 Å². The van der Waals surface area contributed by atoms with E-state index < -0.39 is 0 Å². The van der Waals surface area contributed by atoms with Crippen molar-refractivity contribution in [2.75, 3.05) is 26.3 Å². The van der Waals surface area contributed by atoms with Gasteiger partial charge in [0.2, 0.25) is 17.7 Å². The van der Waals surface area contributed by atoms with Crippen LogP contribution in [0, 0.1) is 12.3 Å². The first-order valence-electron chi connectivity index (χ1n) is 10.2. The number of likely N-dealkylation sites (tertiary alicyclic amines) is 1. The number of carbonyl (C=O) groups is 1. The summed E-state index contributed by atoms with van der Waals surface area (Å²) in [6.45, 7) is 8.99. The highest BCUT2D eigenvalue weighted by molar-refractivity contribution is 5.79. The van der Waals surface area contributed by atoms with Crippen molar-refractivity contribution in [2.45, 2.75) is 51.9 Å². The monoisotopic (exact) mass is 383 g/mol. The van der Waals surface area contributed by atoms with Crippen LogP contribution in [0.5, 0.6) is 0 Å². The molecule has 2 fully saturated rings. The lowest BCUT2D eigenvalue weighted by molar-refractivity contribution is -0.130. The Morgan fingerprint density at radius 3 is 2.75 bits per heavy atom. The number of benzene rings is 1. The first kappa shape index (κ1) is 19.1. The average molecular weight is 383 g/mol. The summed E-state index contributed by atoms with van der Waals surface area (Å²) in [4.78, 5) is 15.1. The third-order valence-electron chi connectivity index (χ3n) is 6.18. The van der Waals surface area contributed by atoms with Crippen LogP contribution in [-0.4, -0.2) is 47.3 Å². The molecule has 150 valence electrons. The van der Waals surface area contributed by atoms with Crippen LogP contribution in [0.25, 0.3) is 0 Å². The second-order valence-electron chi connectivity index (χ2n) is 8.60. The molecule has 1 unspecified atom stereocenters. The number of hydrogen-bond donors (Lipinski definition) is 0. The van der Waals surface area contributed by atoms with Gasteiger partial charge in [-0.2, -0.15) is 0 Å². The van der Waals surface area contributed by atoms with Crippen molar-refractivity contribution in [3.63, 3.8) is 0 Å². The average Bonchev–Trinajstić information content (AvgIpc) is 3.28. The van der Waals surface area contributed by atoms with Crippen molar-refractivity contribution in [2.24, 2.45) is 5.41 Å². The molecule has 6 nitrogen and oxygen atoms in total. The maximum absolute atomic E-state index is 13.1. The van der Waals surface area contributed by atoms with Crippen molar-refractivity contribution in [3.05, 3.63) is 47.2 Å². The Labute approximate surface area is 166 Å². The molecule has 28 heavy (non-hydrogen) atoms. The predicted octanol–water partition coefficient (Wildman–Crippen LogP) is 3.47. The molecule has 1 aromatic heterocycles.